The Balaban J connectivity index is 2.61. The molecule has 2 atom stereocenters. The number of aromatic carboxylic acids is 1. The molecule has 0 aliphatic rings. The van der Waals surface area contributed by atoms with Gasteiger partial charge >= 0.3 is 5.97 Å². The minimum Gasteiger partial charge on any atom is -0.475 e. The summed E-state index contributed by atoms with van der Waals surface area (Å²) in [6.45, 7) is 2.40. The SMILES string of the molecule is COCC(CCO)NC(C)c1ccc(C(=O)O)o1. The van der Waals surface area contributed by atoms with Gasteiger partial charge in [-0.2, -0.15) is 0 Å². The number of aliphatic hydroxyl groups excluding tert-OH is 1. The van der Waals surface area contributed by atoms with Crippen molar-refractivity contribution in [2.24, 2.45) is 0 Å². The van der Waals surface area contributed by atoms with Crippen molar-refractivity contribution < 1.29 is 24.2 Å². The molecule has 0 radical (unpaired) electrons. The van der Waals surface area contributed by atoms with E-state index in [2.05, 4.69) is 5.32 Å². The molecule has 2 unspecified atom stereocenters. The number of carboxylic acids is 1. The summed E-state index contributed by atoms with van der Waals surface area (Å²) >= 11 is 0. The average Bonchev–Trinajstić information content (AvgIpc) is 2.79. The third-order valence-corrected chi connectivity index (χ3v) is 2.60. The number of aliphatic hydroxyl groups is 1. The Labute approximate surface area is 106 Å². The van der Waals surface area contributed by atoms with Crippen molar-refractivity contribution in [3.8, 4) is 0 Å². The normalized spacial score (nSPS) is 14.4. The van der Waals surface area contributed by atoms with E-state index in [0.29, 0.717) is 18.8 Å². The molecule has 1 heterocycles. The zero-order valence-electron chi connectivity index (χ0n) is 10.5. The van der Waals surface area contributed by atoms with Crippen molar-refractivity contribution >= 4 is 5.97 Å². The summed E-state index contributed by atoms with van der Waals surface area (Å²) in [5, 5.41) is 20.9. The molecule has 102 valence electrons. The summed E-state index contributed by atoms with van der Waals surface area (Å²) in [6.07, 6.45) is 0.560. The van der Waals surface area contributed by atoms with Crippen LogP contribution in [-0.2, 0) is 4.74 Å². The lowest BCUT2D eigenvalue weighted by molar-refractivity contribution is 0.0659. The molecular weight excluding hydrogens is 238 g/mol. The van der Waals surface area contributed by atoms with Crippen LogP contribution in [0.5, 0.6) is 0 Å². The van der Waals surface area contributed by atoms with E-state index in [1.807, 2.05) is 6.92 Å². The highest BCUT2D eigenvalue weighted by Gasteiger charge is 2.17. The van der Waals surface area contributed by atoms with Gasteiger partial charge in [0, 0.05) is 19.8 Å². The first-order valence-electron chi connectivity index (χ1n) is 5.77. The van der Waals surface area contributed by atoms with E-state index in [1.165, 1.54) is 6.07 Å². The van der Waals surface area contributed by atoms with E-state index in [1.54, 1.807) is 13.2 Å². The Kier molecular flexibility index (Phi) is 5.84. The second-order valence-corrected chi connectivity index (χ2v) is 4.06. The lowest BCUT2D eigenvalue weighted by atomic mass is 10.1. The number of ether oxygens (including phenoxy) is 1. The third-order valence-electron chi connectivity index (χ3n) is 2.60. The standard InChI is InChI=1S/C12H19NO5/c1-8(13-9(5-6-14)7-17-2)10-3-4-11(18-10)12(15)16/h3-4,8-9,13-14H,5-7H2,1-2H3,(H,15,16). The minimum atomic E-state index is -1.09. The predicted octanol–water partition coefficient (Wildman–Crippen LogP) is 1.03. The van der Waals surface area contributed by atoms with Crippen molar-refractivity contribution in [1.29, 1.82) is 0 Å². The molecule has 0 fully saturated rings. The summed E-state index contributed by atoms with van der Waals surface area (Å²) in [5.41, 5.74) is 0. The van der Waals surface area contributed by atoms with Gasteiger partial charge in [0.25, 0.3) is 0 Å². The van der Waals surface area contributed by atoms with Crippen LogP contribution in [0, 0.1) is 0 Å². The van der Waals surface area contributed by atoms with Crippen LogP contribution < -0.4 is 5.32 Å². The molecule has 6 nitrogen and oxygen atoms in total. The van der Waals surface area contributed by atoms with E-state index >= 15 is 0 Å². The van der Waals surface area contributed by atoms with Crippen molar-refractivity contribution in [3.05, 3.63) is 23.7 Å². The van der Waals surface area contributed by atoms with Crippen LogP contribution in [0.4, 0.5) is 0 Å². The Hall–Kier alpha value is -1.37. The van der Waals surface area contributed by atoms with Crippen molar-refractivity contribution in [1.82, 2.24) is 5.32 Å². The first kappa shape index (κ1) is 14.7. The number of carbonyl (C=O) groups is 1. The summed E-state index contributed by atoms with van der Waals surface area (Å²) in [5.74, 6) is -0.618. The van der Waals surface area contributed by atoms with Crippen molar-refractivity contribution in [2.45, 2.75) is 25.4 Å². The molecular formula is C12H19NO5. The van der Waals surface area contributed by atoms with Crippen LogP contribution in [0.3, 0.4) is 0 Å². The predicted molar refractivity (Wildman–Crippen MR) is 64.6 cm³/mol. The molecule has 1 aromatic heterocycles. The van der Waals surface area contributed by atoms with Gasteiger partial charge in [0.2, 0.25) is 5.76 Å². The largest absolute Gasteiger partial charge is 0.475 e. The maximum Gasteiger partial charge on any atom is 0.371 e. The maximum absolute atomic E-state index is 10.7. The van der Waals surface area contributed by atoms with Gasteiger partial charge in [0.1, 0.15) is 5.76 Å². The highest BCUT2D eigenvalue weighted by atomic mass is 16.5. The van der Waals surface area contributed by atoms with Gasteiger partial charge in [0.15, 0.2) is 0 Å². The summed E-state index contributed by atoms with van der Waals surface area (Å²) in [4.78, 5) is 10.7. The number of hydrogen-bond acceptors (Lipinski definition) is 5. The lowest BCUT2D eigenvalue weighted by Crippen LogP contribution is -2.35. The average molecular weight is 257 g/mol. The summed E-state index contributed by atoms with van der Waals surface area (Å²) < 4.78 is 10.2. The van der Waals surface area contributed by atoms with E-state index in [9.17, 15) is 4.79 Å². The first-order chi connectivity index (χ1) is 8.58. The fraction of sp³-hybridized carbons (Fsp3) is 0.583. The molecule has 1 aromatic rings. The molecule has 0 aromatic carbocycles. The van der Waals surface area contributed by atoms with E-state index in [4.69, 9.17) is 19.4 Å². The first-order valence-corrected chi connectivity index (χ1v) is 5.77. The van der Waals surface area contributed by atoms with Gasteiger partial charge in [-0.05, 0) is 25.5 Å². The quantitative estimate of drug-likeness (QED) is 0.644. The molecule has 0 saturated carbocycles. The summed E-state index contributed by atoms with van der Waals surface area (Å²) in [6, 6.07) is 2.90. The van der Waals surface area contributed by atoms with Gasteiger partial charge in [-0.15, -0.1) is 0 Å². The molecule has 0 amide bonds. The molecule has 1 rings (SSSR count). The van der Waals surface area contributed by atoms with Crippen LogP contribution in [0.25, 0.3) is 0 Å². The van der Waals surface area contributed by atoms with E-state index in [-0.39, 0.29) is 24.5 Å². The highest BCUT2D eigenvalue weighted by molar-refractivity contribution is 5.84. The van der Waals surface area contributed by atoms with Crippen LogP contribution in [0.1, 0.15) is 35.7 Å². The fourth-order valence-electron chi connectivity index (χ4n) is 1.71. The number of methoxy groups -OCH3 is 1. The maximum atomic E-state index is 10.7. The van der Waals surface area contributed by atoms with E-state index in [0.717, 1.165) is 0 Å². The Morgan fingerprint density at radius 2 is 2.28 bits per heavy atom. The molecule has 0 aliphatic carbocycles. The van der Waals surface area contributed by atoms with Crippen LogP contribution in [-0.4, -0.2) is 42.5 Å². The van der Waals surface area contributed by atoms with Crippen LogP contribution in [0.2, 0.25) is 0 Å². The van der Waals surface area contributed by atoms with Gasteiger partial charge in [-0.3, -0.25) is 0 Å². The molecule has 0 bridgehead atoms. The molecule has 0 spiro atoms. The zero-order valence-corrected chi connectivity index (χ0v) is 10.5. The van der Waals surface area contributed by atoms with E-state index < -0.39 is 5.97 Å². The lowest BCUT2D eigenvalue weighted by Gasteiger charge is -2.20. The van der Waals surface area contributed by atoms with Crippen LogP contribution >= 0.6 is 0 Å². The van der Waals surface area contributed by atoms with Crippen molar-refractivity contribution in [3.63, 3.8) is 0 Å². The Morgan fingerprint density at radius 1 is 1.56 bits per heavy atom. The fourth-order valence-corrected chi connectivity index (χ4v) is 1.71. The number of carboxylic acid groups (broad SMARTS) is 1. The smallest absolute Gasteiger partial charge is 0.371 e. The number of nitrogens with one attached hydrogen (secondary N) is 1. The summed E-state index contributed by atoms with van der Waals surface area (Å²) in [7, 11) is 1.59. The minimum absolute atomic E-state index is 0.00613. The number of hydrogen-bond donors (Lipinski definition) is 3. The Morgan fingerprint density at radius 3 is 2.78 bits per heavy atom. The number of rotatable bonds is 8. The molecule has 0 aliphatic heterocycles. The van der Waals surface area contributed by atoms with Crippen molar-refractivity contribution in [2.75, 3.05) is 20.3 Å². The van der Waals surface area contributed by atoms with Gasteiger partial charge < -0.3 is 24.7 Å². The van der Waals surface area contributed by atoms with Crippen LogP contribution in [0.15, 0.2) is 16.5 Å². The highest BCUT2D eigenvalue weighted by Crippen LogP contribution is 2.17. The topological polar surface area (TPSA) is 91.9 Å². The van der Waals surface area contributed by atoms with Gasteiger partial charge in [0.05, 0.1) is 12.6 Å². The molecule has 3 N–H and O–H groups in total. The second kappa shape index (κ2) is 7.15. The number of furan rings is 1. The molecule has 6 heteroatoms. The molecule has 18 heavy (non-hydrogen) atoms. The Bertz CT molecular complexity index is 370. The monoisotopic (exact) mass is 257 g/mol. The molecule has 0 saturated heterocycles. The van der Waals surface area contributed by atoms with Gasteiger partial charge in [-0.1, -0.05) is 0 Å². The zero-order chi connectivity index (χ0) is 13.5. The third kappa shape index (κ3) is 4.14. The van der Waals surface area contributed by atoms with Gasteiger partial charge in [-0.25, -0.2) is 4.79 Å². The second-order valence-electron chi connectivity index (χ2n) is 4.06.